The quantitative estimate of drug-likeness (QED) is 0.783. The van der Waals surface area contributed by atoms with Crippen LogP contribution < -0.4 is 4.90 Å². The van der Waals surface area contributed by atoms with Crippen LogP contribution in [0.15, 0.2) is 30.6 Å². The van der Waals surface area contributed by atoms with E-state index in [1.807, 2.05) is 0 Å². The highest BCUT2D eigenvalue weighted by Crippen LogP contribution is 2.22. The van der Waals surface area contributed by atoms with E-state index in [0.717, 1.165) is 6.33 Å². The first-order chi connectivity index (χ1) is 9.54. The normalized spacial score (nSPS) is 10.2. The van der Waals surface area contributed by atoms with Crippen LogP contribution in [0.3, 0.4) is 0 Å². The number of carboxylic acid groups (broad SMARTS) is 1. The molecule has 0 fully saturated rings. The Labute approximate surface area is 114 Å². The molecular weight excluding hydrogens is 262 g/mol. The number of aromatic hydroxyl groups is 1. The van der Waals surface area contributed by atoms with Crippen molar-refractivity contribution in [3.05, 3.63) is 42.0 Å². The number of carbonyl (C=O) groups is 2. The van der Waals surface area contributed by atoms with E-state index in [2.05, 4.69) is 9.97 Å². The molecule has 0 aliphatic rings. The van der Waals surface area contributed by atoms with Gasteiger partial charge in [-0.25, -0.2) is 9.78 Å². The standard InChI is InChI=1S/C13H13N3O4/c1-2-16(8-4-3-5-9(17)6-8)12(18)10-11(13(19)20)15-7-14-10/h3-7,17H,2H2,1H3,(H,14,15)(H,19,20). The van der Waals surface area contributed by atoms with Gasteiger partial charge in [0.2, 0.25) is 0 Å². The van der Waals surface area contributed by atoms with Crippen LogP contribution in [-0.4, -0.2) is 38.6 Å². The molecule has 7 heteroatoms. The molecule has 104 valence electrons. The topological polar surface area (TPSA) is 107 Å². The number of benzene rings is 1. The molecule has 1 aromatic carbocycles. The summed E-state index contributed by atoms with van der Waals surface area (Å²) in [4.78, 5) is 30.9. The van der Waals surface area contributed by atoms with Crippen molar-refractivity contribution < 1.29 is 19.8 Å². The van der Waals surface area contributed by atoms with Gasteiger partial charge >= 0.3 is 5.97 Å². The molecule has 0 spiro atoms. The third-order valence-corrected chi connectivity index (χ3v) is 2.76. The summed E-state index contributed by atoms with van der Waals surface area (Å²) in [5.41, 5.74) is 0.0492. The number of anilines is 1. The van der Waals surface area contributed by atoms with Gasteiger partial charge in [0, 0.05) is 18.3 Å². The predicted octanol–water partition coefficient (Wildman–Crippen LogP) is 1.48. The number of phenolic OH excluding ortho intramolecular Hbond substituents is 1. The van der Waals surface area contributed by atoms with E-state index in [-0.39, 0.29) is 17.1 Å². The molecule has 0 unspecified atom stereocenters. The number of H-pyrrole nitrogens is 1. The zero-order valence-electron chi connectivity index (χ0n) is 10.7. The van der Waals surface area contributed by atoms with Crippen molar-refractivity contribution in [2.45, 2.75) is 6.92 Å². The predicted molar refractivity (Wildman–Crippen MR) is 71.0 cm³/mol. The van der Waals surface area contributed by atoms with Crippen LogP contribution in [0.2, 0.25) is 0 Å². The van der Waals surface area contributed by atoms with Crippen molar-refractivity contribution in [3.8, 4) is 5.75 Å². The van der Waals surface area contributed by atoms with Crippen molar-refractivity contribution in [3.63, 3.8) is 0 Å². The van der Waals surface area contributed by atoms with Gasteiger partial charge in [-0.1, -0.05) is 6.07 Å². The number of imidazole rings is 1. The maximum Gasteiger partial charge on any atom is 0.354 e. The number of hydrogen-bond donors (Lipinski definition) is 3. The zero-order chi connectivity index (χ0) is 14.7. The number of carbonyl (C=O) groups excluding carboxylic acids is 1. The number of amides is 1. The van der Waals surface area contributed by atoms with E-state index in [1.165, 1.54) is 17.0 Å². The Kier molecular flexibility index (Phi) is 3.69. The fraction of sp³-hybridized carbons (Fsp3) is 0.154. The molecule has 1 amide bonds. The first kappa shape index (κ1) is 13.6. The molecule has 1 aromatic heterocycles. The Balaban J connectivity index is 2.39. The van der Waals surface area contributed by atoms with Crippen molar-refractivity contribution >= 4 is 17.6 Å². The maximum atomic E-state index is 12.4. The van der Waals surface area contributed by atoms with Crippen molar-refractivity contribution in [2.24, 2.45) is 0 Å². The third-order valence-electron chi connectivity index (χ3n) is 2.76. The molecule has 2 aromatic rings. The van der Waals surface area contributed by atoms with Crippen LogP contribution in [0.25, 0.3) is 0 Å². The molecule has 20 heavy (non-hydrogen) atoms. The highest BCUT2D eigenvalue weighted by atomic mass is 16.4. The summed E-state index contributed by atoms with van der Waals surface area (Å²) in [5, 5.41) is 18.4. The molecular formula is C13H13N3O4. The van der Waals surface area contributed by atoms with Gasteiger partial charge < -0.3 is 20.1 Å². The zero-order valence-corrected chi connectivity index (χ0v) is 10.7. The monoisotopic (exact) mass is 275 g/mol. The first-order valence-corrected chi connectivity index (χ1v) is 5.92. The van der Waals surface area contributed by atoms with Crippen molar-refractivity contribution in [2.75, 3.05) is 11.4 Å². The van der Waals surface area contributed by atoms with Gasteiger partial charge in [-0.3, -0.25) is 4.79 Å². The van der Waals surface area contributed by atoms with Crippen LogP contribution in [0, 0.1) is 0 Å². The summed E-state index contributed by atoms with van der Waals surface area (Å²) >= 11 is 0. The van der Waals surface area contributed by atoms with Gasteiger partial charge in [0.15, 0.2) is 11.4 Å². The lowest BCUT2D eigenvalue weighted by Gasteiger charge is -2.20. The highest BCUT2D eigenvalue weighted by molar-refractivity contribution is 6.10. The minimum atomic E-state index is -1.25. The summed E-state index contributed by atoms with van der Waals surface area (Å²) < 4.78 is 0. The van der Waals surface area contributed by atoms with Crippen molar-refractivity contribution in [1.29, 1.82) is 0 Å². The molecule has 7 nitrogen and oxygen atoms in total. The SMILES string of the molecule is CCN(C(=O)c1nc[nH]c1C(=O)O)c1cccc(O)c1. The molecule has 0 bridgehead atoms. The van der Waals surface area contributed by atoms with E-state index < -0.39 is 11.9 Å². The fourth-order valence-electron chi connectivity index (χ4n) is 1.85. The Morgan fingerprint density at radius 3 is 2.75 bits per heavy atom. The number of aromatic nitrogens is 2. The largest absolute Gasteiger partial charge is 0.508 e. The number of nitrogens with one attached hydrogen (secondary N) is 1. The van der Waals surface area contributed by atoms with E-state index in [1.54, 1.807) is 19.1 Å². The molecule has 1 heterocycles. The third kappa shape index (κ3) is 2.46. The number of nitrogens with zero attached hydrogens (tertiary/aromatic N) is 2. The summed E-state index contributed by atoms with van der Waals surface area (Å²) in [7, 11) is 0. The van der Waals surface area contributed by atoms with Gasteiger partial charge in [0.25, 0.3) is 5.91 Å². The summed E-state index contributed by atoms with van der Waals surface area (Å²) in [5.74, 6) is -1.77. The number of hydrogen-bond acceptors (Lipinski definition) is 4. The minimum Gasteiger partial charge on any atom is -0.508 e. The lowest BCUT2D eigenvalue weighted by atomic mass is 10.2. The number of phenols is 1. The van der Waals surface area contributed by atoms with Crippen LogP contribution in [0.4, 0.5) is 5.69 Å². The number of aromatic carboxylic acids is 1. The Bertz CT molecular complexity index is 651. The van der Waals surface area contributed by atoms with Crippen LogP contribution in [0.1, 0.15) is 27.9 Å². The molecule has 0 radical (unpaired) electrons. The van der Waals surface area contributed by atoms with E-state index in [4.69, 9.17) is 5.11 Å². The molecule has 0 saturated heterocycles. The second-order valence-corrected chi connectivity index (χ2v) is 4.00. The average molecular weight is 275 g/mol. The number of aromatic amines is 1. The Morgan fingerprint density at radius 2 is 2.15 bits per heavy atom. The minimum absolute atomic E-state index is 0.0224. The molecule has 0 aliphatic carbocycles. The average Bonchev–Trinajstić information content (AvgIpc) is 2.89. The summed E-state index contributed by atoms with van der Waals surface area (Å²) in [6.07, 6.45) is 1.16. The molecule has 0 aliphatic heterocycles. The van der Waals surface area contributed by atoms with Gasteiger partial charge in [0.05, 0.1) is 6.33 Å². The number of carboxylic acids is 1. The molecule has 3 N–H and O–H groups in total. The first-order valence-electron chi connectivity index (χ1n) is 5.92. The van der Waals surface area contributed by atoms with Gasteiger partial charge in [0.1, 0.15) is 5.75 Å². The molecule has 0 saturated carbocycles. The number of rotatable bonds is 4. The van der Waals surface area contributed by atoms with Crippen LogP contribution >= 0.6 is 0 Å². The second kappa shape index (κ2) is 5.43. The van der Waals surface area contributed by atoms with E-state index >= 15 is 0 Å². The fourth-order valence-corrected chi connectivity index (χ4v) is 1.85. The Morgan fingerprint density at radius 1 is 1.40 bits per heavy atom. The molecule has 0 atom stereocenters. The van der Waals surface area contributed by atoms with Crippen LogP contribution in [0.5, 0.6) is 5.75 Å². The lowest BCUT2D eigenvalue weighted by Crippen LogP contribution is -2.32. The van der Waals surface area contributed by atoms with Crippen LogP contribution in [-0.2, 0) is 0 Å². The summed E-state index contributed by atoms with van der Waals surface area (Å²) in [6, 6.07) is 6.16. The van der Waals surface area contributed by atoms with Gasteiger partial charge in [-0.05, 0) is 19.1 Å². The Hall–Kier alpha value is -2.83. The second-order valence-electron chi connectivity index (χ2n) is 4.00. The van der Waals surface area contributed by atoms with E-state index in [9.17, 15) is 14.7 Å². The van der Waals surface area contributed by atoms with Gasteiger partial charge in [-0.15, -0.1) is 0 Å². The molecule has 2 rings (SSSR count). The summed E-state index contributed by atoms with van der Waals surface area (Å²) in [6.45, 7) is 2.06. The smallest absolute Gasteiger partial charge is 0.354 e. The van der Waals surface area contributed by atoms with E-state index in [0.29, 0.717) is 12.2 Å². The highest BCUT2D eigenvalue weighted by Gasteiger charge is 2.24. The van der Waals surface area contributed by atoms with Gasteiger partial charge in [-0.2, -0.15) is 0 Å². The van der Waals surface area contributed by atoms with Crippen molar-refractivity contribution in [1.82, 2.24) is 9.97 Å². The lowest BCUT2D eigenvalue weighted by molar-refractivity contribution is 0.0686. The maximum absolute atomic E-state index is 12.4.